The molecule has 2 aromatic rings. The maximum atomic E-state index is 10.2. The fourth-order valence-corrected chi connectivity index (χ4v) is 1.89. The van der Waals surface area contributed by atoms with Crippen molar-refractivity contribution in [1.29, 1.82) is 0 Å². The van der Waals surface area contributed by atoms with Gasteiger partial charge in [0.05, 0.1) is 23.5 Å². The zero-order valence-corrected chi connectivity index (χ0v) is 10.4. The first-order chi connectivity index (χ1) is 8.68. The molecule has 0 fully saturated rings. The lowest BCUT2D eigenvalue weighted by Gasteiger charge is -2.22. The molecule has 2 aromatic carbocycles. The van der Waals surface area contributed by atoms with Crippen molar-refractivity contribution in [2.24, 2.45) is 0 Å². The standard InChI is InChI=1S/C15H18N2O/c1-11(15(18)12-7-3-2-4-8-12)17-14-10-6-5-9-13(14)16/h2-11,15,17-18H,16H2,1H3/t11-,15-/m0/s1. The number of aliphatic hydroxyl groups excluding tert-OH is 1. The third kappa shape index (κ3) is 2.81. The highest BCUT2D eigenvalue weighted by Crippen LogP contribution is 2.23. The van der Waals surface area contributed by atoms with Crippen molar-refractivity contribution in [2.75, 3.05) is 11.1 Å². The van der Waals surface area contributed by atoms with Crippen molar-refractivity contribution in [3.8, 4) is 0 Å². The van der Waals surface area contributed by atoms with Crippen LogP contribution in [0.3, 0.4) is 0 Å². The first-order valence-electron chi connectivity index (χ1n) is 6.02. The molecule has 0 aliphatic carbocycles. The number of benzene rings is 2. The van der Waals surface area contributed by atoms with Crippen LogP contribution in [0.2, 0.25) is 0 Å². The molecule has 0 aliphatic rings. The molecule has 0 aliphatic heterocycles. The van der Waals surface area contributed by atoms with Crippen LogP contribution in [0.4, 0.5) is 11.4 Å². The summed E-state index contributed by atoms with van der Waals surface area (Å²) < 4.78 is 0. The Morgan fingerprint density at radius 1 is 1.00 bits per heavy atom. The second-order valence-electron chi connectivity index (χ2n) is 4.38. The lowest BCUT2D eigenvalue weighted by Crippen LogP contribution is -2.24. The van der Waals surface area contributed by atoms with Gasteiger partial charge in [-0.15, -0.1) is 0 Å². The highest BCUT2D eigenvalue weighted by Gasteiger charge is 2.16. The minimum absolute atomic E-state index is 0.114. The quantitative estimate of drug-likeness (QED) is 0.722. The number of nitrogen functional groups attached to an aromatic ring is 1. The molecule has 0 bridgehead atoms. The Labute approximate surface area is 107 Å². The van der Waals surface area contributed by atoms with Crippen molar-refractivity contribution < 1.29 is 5.11 Å². The average Bonchev–Trinajstić information content (AvgIpc) is 2.41. The van der Waals surface area contributed by atoms with Gasteiger partial charge in [-0.25, -0.2) is 0 Å². The van der Waals surface area contributed by atoms with Gasteiger partial charge in [0.2, 0.25) is 0 Å². The third-order valence-corrected chi connectivity index (χ3v) is 2.96. The van der Waals surface area contributed by atoms with Gasteiger partial charge in [-0.3, -0.25) is 0 Å². The van der Waals surface area contributed by atoms with Crippen LogP contribution in [0.1, 0.15) is 18.6 Å². The maximum absolute atomic E-state index is 10.2. The summed E-state index contributed by atoms with van der Waals surface area (Å²) >= 11 is 0. The van der Waals surface area contributed by atoms with E-state index in [1.807, 2.05) is 61.5 Å². The number of anilines is 2. The first kappa shape index (κ1) is 12.5. The van der Waals surface area contributed by atoms with Gasteiger partial charge in [0.25, 0.3) is 0 Å². The van der Waals surface area contributed by atoms with Crippen LogP contribution in [0.15, 0.2) is 54.6 Å². The first-order valence-corrected chi connectivity index (χ1v) is 6.02. The molecule has 18 heavy (non-hydrogen) atoms. The monoisotopic (exact) mass is 242 g/mol. The van der Waals surface area contributed by atoms with Crippen molar-refractivity contribution in [1.82, 2.24) is 0 Å². The SMILES string of the molecule is C[C@H](Nc1ccccc1N)[C@H](O)c1ccccc1. The van der Waals surface area contributed by atoms with Crippen LogP contribution < -0.4 is 11.1 Å². The Balaban J connectivity index is 2.09. The van der Waals surface area contributed by atoms with Crippen molar-refractivity contribution in [3.63, 3.8) is 0 Å². The van der Waals surface area contributed by atoms with E-state index < -0.39 is 6.10 Å². The summed E-state index contributed by atoms with van der Waals surface area (Å²) in [5.41, 5.74) is 8.29. The van der Waals surface area contributed by atoms with Gasteiger partial charge in [0.1, 0.15) is 0 Å². The number of aliphatic hydroxyl groups is 1. The lowest BCUT2D eigenvalue weighted by molar-refractivity contribution is 0.161. The average molecular weight is 242 g/mol. The van der Waals surface area contributed by atoms with Crippen molar-refractivity contribution in [2.45, 2.75) is 19.1 Å². The highest BCUT2D eigenvalue weighted by molar-refractivity contribution is 5.66. The fraction of sp³-hybridized carbons (Fsp3) is 0.200. The summed E-state index contributed by atoms with van der Waals surface area (Å²) in [6.07, 6.45) is -0.564. The Bertz CT molecular complexity index is 499. The predicted molar refractivity (Wildman–Crippen MR) is 75.3 cm³/mol. The van der Waals surface area contributed by atoms with Gasteiger partial charge in [-0.2, -0.15) is 0 Å². The number of rotatable bonds is 4. The maximum Gasteiger partial charge on any atom is 0.0988 e. The summed E-state index contributed by atoms with van der Waals surface area (Å²) in [5, 5.41) is 13.5. The highest BCUT2D eigenvalue weighted by atomic mass is 16.3. The molecule has 0 unspecified atom stereocenters. The second-order valence-corrected chi connectivity index (χ2v) is 4.38. The van der Waals surface area contributed by atoms with Crippen LogP contribution >= 0.6 is 0 Å². The molecule has 0 radical (unpaired) electrons. The largest absolute Gasteiger partial charge is 0.397 e. The summed E-state index contributed by atoms with van der Waals surface area (Å²) in [6, 6.07) is 17.0. The number of nitrogens with two attached hydrogens (primary N) is 1. The van der Waals surface area contributed by atoms with Crippen LogP contribution in [-0.2, 0) is 0 Å². The van der Waals surface area contributed by atoms with Crippen LogP contribution in [0, 0.1) is 0 Å². The van der Waals surface area contributed by atoms with E-state index in [4.69, 9.17) is 5.73 Å². The van der Waals surface area contributed by atoms with E-state index in [1.54, 1.807) is 0 Å². The second kappa shape index (κ2) is 5.56. The Morgan fingerprint density at radius 2 is 1.61 bits per heavy atom. The van der Waals surface area contributed by atoms with Crippen LogP contribution in [0.25, 0.3) is 0 Å². The van der Waals surface area contributed by atoms with Gasteiger partial charge >= 0.3 is 0 Å². The number of hydrogen-bond acceptors (Lipinski definition) is 3. The zero-order chi connectivity index (χ0) is 13.0. The molecule has 0 amide bonds. The van der Waals surface area contributed by atoms with Gasteiger partial charge < -0.3 is 16.2 Å². The molecular formula is C15H18N2O. The Kier molecular flexibility index (Phi) is 3.85. The van der Waals surface area contributed by atoms with E-state index in [-0.39, 0.29) is 6.04 Å². The molecule has 0 spiro atoms. The molecule has 2 atom stereocenters. The number of para-hydroxylation sites is 2. The molecule has 94 valence electrons. The Morgan fingerprint density at radius 3 is 2.28 bits per heavy atom. The number of nitrogens with one attached hydrogen (secondary N) is 1. The summed E-state index contributed by atoms with van der Waals surface area (Å²) in [7, 11) is 0. The minimum atomic E-state index is -0.564. The normalized spacial score (nSPS) is 13.9. The topological polar surface area (TPSA) is 58.3 Å². The molecule has 3 nitrogen and oxygen atoms in total. The van der Waals surface area contributed by atoms with Crippen molar-refractivity contribution >= 4 is 11.4 Å². The summed E-state index contributed by atoms with van der Waals surface area (Å²) in [4.78, 5) is 0. The van der Waals surface area contributed by atoms with E-state index in [9.17, 15) is 5.11 Å². The fourth-order valence-electron chi connectivity index (χ4n) is 1.89. The zero-order valence-electron chi connectivity index (χ0n) is 10.4. The molecule has 2 rings (SSSR count). The van der Waals surface area contributed by atoms with Gasteiger partial charge in [-0.05, 0) is 24.6 Å². The molecule has 4 N–H and O–H groups in total. The van der Waals surface area contributed by atoms with Crippen LogP contribution in [0.5, 0.6) is 0 Å². The van der Waals surface area contributed by atoms with E-state index >= 15 is 0 Å². The number of hydrogen-bond donors (Lipinski definition) is 3. The predicted octanol–water partition coefficient (Wildman–Crippen LogP) is 2.80. The van der Waals surface area contributed by atoms with Gasteiger partial charge in [0.15, 0.2) is 0 Å². The van der Waals surface area contributed by atoms with E-state index in [0.29, 0.717) is 5.69 Å². The lowest BCUT2D eigenvalue weighted by atomic mass is 10.0. The van der Waals surface area contributed by atoms with Crippen molar-refractivity contribution in [3.05, 3.63) is 60.2 Å². The molecular weight excluding hydrogens is 224 g/mol. The molecule has 0 heterocycles. The third-order valence-electron chi connectivity index (χ3n) is 2.96. The van der Waals surface area contributed by atoms with E-state index in [0.717, 1.165) is 11.3 Å². The smallest absolute Gasteiger partial charge is 0.0988 e. The van der Waals surface area contributed by atoms with Crippen LogP contribution in [-0.4, -0.2) is 11.1 Å². The Hall–Kier alpha value is -2.00. The van der Waals surface area contributed by atoms with Gasteiger partial charge in [-0.1, -0.05) is 42.5 Å². The van der Waals surface area contributed by atoms with E-state index in [1.165, 1.54) is 0 Å². The van der Waals surface area contributed by atoms with Gasteiger partial charge in [0, 0.05) is 0 Å². The summed E-state index contributed by atoms with van der Waals surface area (Å²) in [6.45, 7) is 1.93. The van der Waals surface area contributed by atoms with E-state index in [2.05, 4.69) is 5.32 Å². The molecule has 0 saturated carbocycles. The minimum Gasteiger partial charge on any atom is -0.397 e. The molecule has 3 heteroatoms. The molecule has 0 aromatic heterocycles. The summed E-state index contributed by atoms with van der Waals surface area (Å²) in [5.74, 6) is 0. The molecule has 0 saturated heterocycles.